The lowest BCUT2D eigenvalue weighted by Gasteiger charge is -2.12. The molecule has 1 N–H and O–H groups in total. The first kappa shape index (κ1) is 23.5. The number of anilines is 1. The van der Waals surface area contributed by atoms with Crippen LogP contribution in [0.2, 0.25) is 5.02 Å². The van der Waals surface area contributed by atoms with E-state index in [9.17, 15) is 18.8 Å². The van der Waals surface area contributed by atoms with Crippen molar-refractivity contribution < 1.29 is 23.5 Å². The maximum atomic E-state index is 13.7. The highest BCUT2D eigenvalue weighted by atomic mass is 35.5. The first-order chi connectivity index (χ1) is 16.4. The van der Waals surface area contributed by atoms with E-state index < -0.39 is 23.6 Å². The van der Waals surface area contributed by atoms with Gasteiger partial charge in [-0.15, -0.1) is 0 Å². The zero-order valence-electron chi connectivity index (χ0n) is 17.7. The monoisotopic (exact) mass is 496 g/mol. The molecule has 1 aliphatic rings. The second-order valence-electron chi connectivity index (χ2n) is 7.28. The van der Waals surface area contributed by atoms with E-state index in [1.54, 1.807) is 72.8 Å². The summed E-state index contributed by atoms with van der Waals surface area (Å²) in [5, 5.41) is 2.54. The molecule has 3 amide bonds. The molecular formula is C25H18ClFN2O4S. The Morgan fingerprint density at radius 3 is 2.56 bits per heavy atom. The summed E-state index contributed by atoms with van der Waals surface area (Å²) in [4.78, 5) is 38.4. The molecule has 0 spiro atoms. The van der Waals surface area contributed by atoms with Crippen molar-refractivity contribution in [2.45, 2.75) is 6.61 Å². The number of carbonyl (C=O) groups excluding carboxylic acids is 3. The van der Waals surface area contributed by atoms with Crippen LogP contribution in [0.15, 0.2) is 77.7 Å². The SMILES string of the molecule is O=C(CN1C(=O)S/C(=C/c2ccc(OCc3ccccc3F)cc2)C1=O)Nc1cccc(Cl)c1. The predicted molar refractivity (Wildman–Crippen MR) is 130 cm³/mol. The van der Waals surface area contributed by atoms with Crippen molar-refractivity contribution in [3.63, 3.8) is 0 Å². The summed E-state index contributed by atoms with van der Waals surface area (Å²) in [5.41, 5.74) is 1.59. The molecule has 0 saturated carbocycles. The van der Waals surface area contributed by atoms with Crippen LogP contribution in [-0.4, -0.2) is 28.5 Å². The minimum atomic E-state index is -0.545. The summed E-state index contributed by atoms with van der Waals surface area (Å²) < 4.78 is 19.3. The zero-order valence-corrected chi connectivity index (χ0v) is 19.2. The average Bonchev–Trinajstić information content (AvgIpc) is 3.07. The Balaban J connectivity index is 1.36. The van der Waals surface area contributed by atoms with Crippen LogP contribution in [0.25, 0.3) is 6.08 Å². The lowest BCUT2D eigenvalue weighted by atomic mass is 10.2. The number of hydrogen-bond acceptors (Lipinski definition) is 5. The van der Waals surface area contributed by atoms with Gasteiger partial charge in [-0.05, 0) is 59.8 Å². The number of thioether (sulfide) groups is 1. The molecular weight excluding hydrogens is 479 g/mol. The number of ether oxygens (including phenoxy) is 1. The fraction of sp³-hybridized carbons (Fsp3) is 0.0800. The number of imide groups is 1. The van der Waals surface area contributed by atoms with Crippen molar-refractivity contribution in [1.82, 2.24) is 4.90 Å². The summed E-state index contributed by atoms with van der Waals surface area (Å²) in [5.74, 6) is -0.861. The molecule has 4 rings (SSSR count). The Morgan fingerprint density at radius 1 is 1.06 bits per heavy atom. The van der Waals surface area contributed by atoms with E-state index in [4.69, 9.17) is 16.3 Å². The molecule has 1 heterocycles. The smallest absolute Gasteiger partial charge is 0.294 e. The second kappa shape index (κ2) is 10.5. The molecule has 0 bridgehead atoms. The summed E-state index contributed by atoms with van der Waals surface area (Å²) in [6.07, 6.45) is 1.57. The van der Waals surface area contributed by atoms with Crippen molar-refractivity contribution in [1.29, 1.82) is 0 Å². The fourth-order valence-electron chi connectivity index (χ4n) is 3.13. The van der Waals surface area contributed by atoms with Crippen LogP contribution in [-0.2, 0) is 16.2 Å². The van der Waals surface area contributed by atoms with Gasteiger partial charge in [0.15, 0.2) is 0 Å². The van der Waals surface area contributed by atoms with Crippen LogP contribution in [0.3, 0.4) is 0 Å². The van der Waals surface area contributed by atoms with Gasteiger partial charge in [0.1, 0.15) is 24.7 Å². The maximum Gasteiger partial charge on any atom is 0.294 e. The first-order valence-electron chi connectivity index (χ1n) is 10.2. The molecule has 0 atom stereocenters. The molecule has 1 saturated heterocycles. The maximum absolute atomic E-state index is 13.7. The number of rotatable bonds is 7. The van der Waals surface area contributed by atoms with Gasteiger partial charge >= 0.3 is 0 Å². The van der Waals surface area contributed by atoms with Gasteiger partial charge in [0.25, 0.3) is 11.1 Å². The molecule has 1 fully saturated rings. The molecule has 1 aliphatic heterocycles. The molecule has 0 aliphatic carbocycles. The van der Waals surface area contributed by atoms with Gasteiger partial charge in [-0.1, -0.05) is 48.0 Å². The summed E-state index contributed by atoms with van der Waals surface area (Å²) in [7, 11) is 0. The number of nitrogens with one attached hydrogen (secondary N) is 1. The third-order valence-electron chi connectivity index (χ3n) is 4.81. The van der Waals surface area contributed by atoms with Crippen molar-refractivity contribution in [2.24, 2.45) is 0 Å². The lowest BCUT2D eigenvalue weighted by molar-refractivity contribution is -0.127. The van der Waals surface area contributed by atoms with Crippen LogP contribution in [0.1, 0.15) is 11.1 Å². The molecule has 0 unspecified atom stereocenters. The number of amides is 3. The second-order valence-corrected chi connectivity index (χ2v) is 8.71. The minimum Gasteiger partial charge on any atom is -0.489 e. The van der Waals surface area contributed by atoms with Crippen molar-refractivity contribution in [2.75, 3.05) is 11.9 Å². The van der Waals surface area contributed by atoms with Crippen molar-refractivity contribution in [3.05, 3.63) is 99.7 Å². The van der Waals surface area contributed by atoms with E-state index in [0.717, 1.165) is 16.7 Å². The Hall–Kier alpha value is -3.62. The lowest BCUT2D eigenvalue weighted by Crippen LogP contribution is -2.36. The van der Waals surface area contributed by atoms with Crippen molar-refractivity contribution in [3.8, 4) is 5.75 Å². The number of carbonyl (C=O) groups is 3. The molecule has 0 radical (unpaired) electrons. The van der Waals surface area contributed by atoms with Crippen LogP contribution >= 0.6 is 23.4 Å². The normalized spacial score (nSPS) is 14.5. The molecule has 6 nitrogen and oxygen atoms in total. The van der Waals surface area contributed by atoms with E-state index in [0.29, 0.717) is 27.6 Å². The van der Waals surface area contributed by atoms with Gasteiger partial charge in [0.2, 0.25) is 5.91 Å². The minimum absolute atomic E-state index is 0.0855. The van der Waals surface area contributed by atoms with E-state index in [2.05, 4.69) is 5.32 Å². The number of nitrogens with zero attached hydrogens (tertiary/aromatic N) is 1. The van der Waals surface area contributed by atoms with E-state index >= 15 is 0 Å². The predicted octanol–water partition coefficient (Wildman–Crippen LogP) is 5.73. The Morgan fingerprint density at radius 2 is 1.82 bits per heavy atom. The molecule has 3 aromatic rings. The zero-order chi connectivity index (χ0) is 24.1. The average molecular weight is 497 g/mol. The van der Waals surface area contributed by atoms with Crippen molar-refractivity contribution >= 4 is 52.2 Å². The van der Waals surface area contributed by atoms with E-state index in [1.807, 2.05) is 0 Å². The summed E-state index contributed by atoms with van der Waals surface area (Å²) >= 11 is 6.66. The van der Waals surface area contributed by atoms with Crippen LogP contribution < -0.4 is 10.1 Å². The Bertz CT molecular complexity index is 1280. The van der Waals surface area contributed by atoms with Crippen LogP contribution in [0.5, 0.6) is 5.75 Å². The number of halogens is 2. The third kappa shape index (κ3) is 5.84. The highest BCUT2D eigenvalue weighted by molar-refractivity contribution is 8.18. The topological polar surface area (TPSA) is 75.7 Å². The number of benzene rings is 3. The summed E-state index contributed by atoms with van der Waals surface area (Å²) in [6, 6.07) is 19.7. The van der Waals surface area contributed by atoms with Crippen LogP contribution in [0, 0.1) is 5.82 Å². The first-order valence-corrected chi connectivity index (χ1v) is 11.4. The van der Waals surface area contributed by atoms with E-state index in [-0.39, 0.29) is 17.3 Å². The highest BCUT2D eigenvalue weighted by Crippen LogP contribution is 2.32. The van der Waals surface area contributed by atoms with Gasteiger partial charge in [-0.2, -0.15) is 0 Å². The molecule has 0 aromatic heterocycles. The molecule has 34 heavy (non-hydrogen) atoms. The Kier molecular flexibility index (Phi) is 7.30. The van der Waals surface area contributed by atoms with Gasteiger partial charge in [-0.25, -0.2) is 4.39 Å². The largest absolute Gasteiger partial charge is 0.489 e. The highest BCUT2D eigenvalue weighted by Gasteiger charge is 2.36. The van der Waals surface area contributed by atoms with E-state index in [1.165, 1.54) is 6.07 Å². The quantitative estimate of drug-likeness (QED) is 0.422. The van der Waals surface area contributed by atoms with Gasteiger partial charge in [0, 0.05) is 16.3 Å². The van der Waals surface area contributed by atoms with Gasteiger partial charge in [0.05, 0.1) is 4.91 Å². The molecule has 3 aromatic carbocycles. The Labute approximate surface area is 204 Å². The summed E-state index contributed by atoms with van der Waals surface area (Å²) in [6.45, 7) is -0.320. The fourth-order valence-corrected chi connectivity index (χ4v) is 4.16. The molecule has 172 valence electrons. The third-order valence-corrected chi connectivity index (χ3v) is 5.96. The van der Waals surface area contributed by atoms with Gasteiger partial charge < -0.3 is 10.1 Å². The molecule has 9 heteroatoms. The van der Waals surface area contributed by atoms with Crippen LogP contribution in [0.4, 0.5) is 14.9 Å². The standard InChI is InChI=1S/C25H18ClFN2O4S/c26-18-5-3-6-19(13-18)28-23(30)14-29-24(31)22(34-25(29)32)12-16-8-10-20(11-9-16)33-15-17-4-1-2-7-21(17)27/h1-13H,14-15H2,(H,28,30)/b22-12+. The number of hydrogen-bond donors (Lipinski definition) is 1. The van der Waals surface area contributed by atoms with Gasteiger partial charge in [-0.3, -0.25) is 19.3 Å².